The normalized spacial score (nSPS) is 11.2. The summed E-state index contributed by atoms with van der Waals surface area (Å²) in [7, 11) is 0. The number of halogens is 1. The molecule has 0 bridgehead atoms. The second-order valence-corrected chi connectivity index (χ2v) is 5.58. The van der Waals surface area contributed by atoms with Crippen LogP contribution in [-0.4, -0.2) is 4.57 Å². The lowest BCUT2D eigenvalue weighted by molar-refractivity contribution is 0.504. The minimum atomic E-state index is -0.722. The molecule has 3 aromatic carbocycles. The Morgan fingerprint density at radius 2 is 1.61 bits per heavy atom. The molecule has 4 nitrogen and oxygen atoms in total. The SMILES string of the molecule is O=c1oc2ccc3ccccc3c2c(=O)n1-c1ccc(Cl)cc1. The Bertz CT molecular complexity index is 1160. The molecule has 5 heteroatoms. The van der Waals surface area contributed by atoms with Crippen LogP contribution >= 0.6 is 11.6 Å². The molecule has 0 fully saturated rings. The molecule has 0 amide bonds. The van der Waals surface area contributed by atoms with Gasteiger partial charge in [0.1, 0.15) is 5.58 Å². The number of aromatic nitrogens is 1. The number of hydrogen-bond acceptors (Lipinski definition) is 3. The molecule has 0 aliphatic carbocycles. The van der Waals surface area contributed by atoms with Crippen molar-refractivity contribution >= 4 is 33.3 Å². The first kappa shape index (κ1) is 13.8. The molecule has 0 atom stereocenters. The number of fused-ring (bicyclic) bond motifs is 3. The first-order valence-electron chi connectivity index (χ1n) is 6.99. The summed E-state index contributed by atoms with van der Waals surface area (Å²) in [5.41, 5.74) is 0.294. The van der Waals surface area contributed by atoms with Crippen LogP contribution in [0.15, 0.2) is 74.7 Å². The van der Waals surface area contributed by atoms with Crippen LogP contribution in [0.25, 0.3) is 27.4 Å². The summed E-state index contributed by atoms with van der Waals surface area (Å²) >= 11 is 5.86. The third-order valence-corrected chi connectivity index (χ3v) is 4.02. The van der Waals surface area contributed by atoms with Crippen LogP contribution in [0.1, 0.15) is 0 Å². The molecule has 23 heavy (non-hydrogen) atoms. The van der Waals surface area contributed by atoms with Crippen LogP contribution < -0.4 is 11.3 Å². The molecular weight excluding hydrogens is 314 g/mol. The molecule has 0 spiro atoms. The van der Waals surface area contributed by atoms with Gasteiger partial charge in [-0.1, -0.05) is 41.9 Å². The van der Waals surface area contributed by atoms with Gasteiger partial charge in [0.15, 0.2) is 0 Å². The first-order chi connectivity index (χ1) is 11.1. The van der Waals surface area contributed by atoms with Gasteiger partial charge in [0.05, 0.1) is 11.1 Å². The third kappa shape index (κ3) is 2.15. The summed E-state index contributed by atoms with van der Waals surface area (Å²) in [4.78, 5) is 25.2. The highest BCUT2D eigenvalue weighted by atomic mass is 35.5. The van der Waals surface area contributed by atoms with E-state index >= 15 is 0 Å². The molecule has 4 aromatic rings. The Morgan fingerprint density at radius 3 is 2.39 bits per heavy atom. The Kier molecular flexibility index (Phi) is 3.06. The average Bonchev–Trinajstić information content (AvgIpc) is 2.56. The van der Waals surface area contributed by atoms with E-state index in [1.165, 1.54) is 0 Å². The van der Waals surface area contributed by atoms with Crippen molar-refractivity contribution < 1.29 is 4.42 Å². The summed E-state index contributed by atoms with van der Waals surface area (Å²) < 4.78 is 6.36. The van der Waals surface area contributed by atoms with Crippen LogP contribution in [0.5, 0.6) is 0 Å². The summed E-state index contributed by atoms with van der Waals surface area (Å²) in [5.74, 6) is -0.722. The molecular formula is C18H10ClNO3. The van der Waals surface area contributed by atoms with Crippen molar-refractivity contribution in [3.8, 4) is 5.69 Å². The second kappa shape index (κ2) is 5.11. The fourth-order valence-electron chi connectivity index (χ4n) is 2.70. The maximum Gasteiger partial charge on any atom is 0.426 e. The minimum absolute atomic E-state index is 0.281. The van der Waals surface area contributed by atoms with Gasteiger partial charge in [-0.05, 0) is 41.1 Å². The number of benzene rings is 3. The molecule has 0 N–H and O–H groups in total. The Morgan fingerprint density at radius 1 is 0.870 bits per heavy atom. The number of rotatable bonds is 1. The van der Waals surface area contributed by atoms with Gasteiger partial charge >= 0.3 is 5.76 Å². The molecule has 4 rings (SSSR count). The Labute approximate surface area is 135 Å². The van der Waals surface area contributed by atoms with Crippen LogP contribution in [0.3, 0.4) is 0 Å². The zero-order valence-corrected chi connectivity index (χ0v) is 12.6. The van der Waals surface area contributed by atoms with Gasteiger partial charge in [-0.3, -0.25) is 4.79 Å². The van der Waals surface area contributed by atoms with E-state index in [4.69, 9.17) is 16.0 Å². The third-order valence-electron chi connectivity index (χ3n) is 3.77. The Balaban J connectivity index is 2.18. The van der Waals surface area contributed by atoms with E-state index < -0.39 is 11.3 Å². The standard InChI is InChI=1S/C18H10ClNO3/c19-12-6-8-13(9-7-12)20-17(21)16-14-4-2-1-3-11(14)5-10-15(16)23-18(20)22/h1-10H. The van der Waals surface area contributed by atoms with Crippen molar-refractivity contribution in [2.24, 2.45) is 0 Å². The number of nitrogens with zero attached hydrogens (tertiary/aromatic N) is 1. The van der Waals surface area contributed by atoms with Crippen LogP contribution in [0.4, 0.5) is 0 Å². The largest absolute Gasteiger partial charge is 0.426 e. The van der Waals surface area contributed by atoms with Gasteiger partial charge in [-0.25, -0.2) is 9.36 Å². The summed E-state index contributed by atoms with van der Waals surface area (Å²) in [6.07, 6.45) is 0. The first-order valence-corrected chi connectivity index (χ1v) is 7.36. The highest BCUT2D eigenvalue weighted by Gasteiger charge is 2.13. The van der Waals surface area contributed by atoms with Crippen LogP contribution in [0, 0.1) is 0 Å². The van der Waals surface area contributed by atoms with Gasteiger partial charge in [-0.2, -0.15) is 0 Å². The van der Waals surface area contributed by atoms with Gasteiger partial charge < -0.3 is 4.42 Å². The van der Waals surface area contributed by atoms with Gasteiger partial charge in [0.25, 0.3) is 5.56 Å². The zero-order chi connectivity index (χ0) is 16.0. The fourth-order valence-corrected chi connectivity index (χ4v) is 2.83. The zero-order valence-electron chi connectivity index (χ0n) is 11.8. The van der Waals surface area contributed by atoms with Gasteiger partial charge in [0, 0.05) is 5.02 Å². The predicted molar refractivity (Wildman–Crippen MR) is 90.6 cm³/mol. The quantitative estimate of drug-likeness (QED) is 0.501. The van der Waals surface area contributed by atoms with E-state index in [-0.39, 0.29) is 5.58 Å². The summed E-state index contributed by atoms with van der Waals surface area (Å²) in [6, 6.07) is 17.4. The molecule has 1 heterocycles. The lowest BCUT2D eigenvalue weighted by Crippen LogP contribution is -2.31. The van der Waals surface area contributed by atoms with E-state index in [9.17, 15) is 9.59 Å². The van der Waals surface area contributed by atoms with E-state index in [0.29, 0.717) is 16.1 Å². The summed E-state index contributed by atoms with van der Waals surface area (Å²) in [6.45, 7) is 0. The maximum absolute atomic E-state index is 12.9. The maximum atomic E-state index is 12.9. The Hall–Kier alpha value is -2.85. The lowest BCUT2D eigenvalue weighted by atomic mass is 10.1. The van der Waals surface area contributed by atoms with E-state index in [1.54, 1.807) is 30.3 Å². The van der Waals surface area contributed by atoms with Crippen molar-refractivity contribution in [2.45, 2.75) is 0 Å². The van der Waals surface area contributed by atoms with Crippen LogP contribution in [0.2, 0.25) is 5.02 Å². The highest BCUT2D eigenvalue weighted by Crippen LogP contribution is 2.22. The highest BCUT2D eigenvalue weighted by molar-refractivity contribution is 6.30. The predicted octanol–water partition coefficient (Wildman–Crippen LogP) is 3.75. The second-order valence-electron chi connectivity index (χ2n) is 5.14. The molecule has 112 valence electrons. The average molecular weight is 324 g/mol. The molecule has 0 radical (unpaired) electrons. The molecule has 0 saturated carbocycles. The summed E-state index contributed by atoms with van der Waals surface area (Å²) in [5, 5.41) is 2.57. The smallest absolute Gasteiger partial charge is 0.409 e. The molecule has 0 aliphatic heterocycles. The van der Waals surface area contributed by atoms with Gasteiger partial charge in [-0.15, -0.1) is 0 Å². The fraction of sp³-hybridized carbons (Fsp3) is 0. The van der Waals surface area contributed by atoms with Crippen molar-refractivity contribution in [2.75, 3.05) is 0 Å². The van der Waals surface area contributed by atoms with E-state index in [1.807, 2.05) is 30.3 Å². The van der Waals surface area contributed by atoms with Crippen molar-refractivity contribution in [3.63, 3.8) is 0 Å². The van der Waals surface area contributed by atoms with Gasteiger partial charge in [0.2, 0.25) is 0 Å². The number of hydrogen-bond donors (Lipinski definition) is 0. The molecule has 1 aromatic heterocycles. The topological polar surface area (TPSA) is 52.2 Å². The van der Waals surface area contributed by atoms with Crippen molar-refractivity contribution in [3.05, 3.63) is 86.6 Å². The molecule has 0 unspecified atom stereocenters. The molecule has 0 aliphatic rings. The van der Waals surface area contributed by atoms with E-state index in [2.05, 4.69) is 0 Å². The van der Waals surface area contributed by atoms with E-state index in [0.717, 1.165) is 15.3 Å². The minimum Gasteiger partial charge on any atom is -0.409 e. The van der Waals surface area contributed by atoms with Crippen molar-refractivity contribution in [1.29, 1.82) is 0 Å². The van der Waals surface area contributed by atoms with Crippen molar-refractivity contribution in [1.82, 2.24) is 4.57 Å². The lowest BCUT2D eigenvalue weighted by Gasteiger charge is -2.07. The molecule has 0 saturated heterocycles. The monoisotopic (exact) mass is 323 g/mol. The van der Waals surface area contributed by atoms with Crippen LogP contribution in [-0.2, 0) is 0 Å².